The third kappa shape index (κ3) is 4.25. The molecule has 1 saturated carbocycles. The van der Waals surface area contributed by atoms with Crippen LogP contribution < -0.4 is 5.32 Å². The van der Waals surface area contributed by atoms with Crippen molar-refractivity contribution in [2.45, 2.75) is 69.7 Å². The van der Waals surface area contributed by atoms with Gasteiger partial charge in [0.25, 0.3) is 5.91 Å². The molecule has 3 unspecified atom stereocenters. The van der Waals surface area contributed by atoms with Crippen molar-refractivity contribution in [2.24, 2.45) is 0 Å². The molecule has 3 aliphatic heterocycles. The fourth-order valence-electron chi connectivity index (χ4n) is 5.80. The van der Waals surface area contributed by atoms with Gasteiger partial charge in [0.05, 0.1) is 0 Å². The standard InChI is InChI=1S/C24H33N5O4/c1-26-21-20(28-14-8-13-27(23(28)25-21)18-11-6-3-7-12-18)22(31)29(24(26)32)15-19(30)33-16-17-9-4-2-5-10-17/h2,4-5,9-10,18,20-21,23,25H,3,6-8,11-16H2,1H3. The fourth-order valence-corrected chi connectivity index (χ4v) is 5.80. The average molecular weight is 456 g/mol. The molecule has 9 nitrogen and oxygen atoms in total. The number of carbonyl (C=O) groups is 3. The van der Waals surface area contributed by atoms with Gasteiger partial charge in [-0.1, -0.05) is 49.6 Å². The Kier molecular flexibility index (Phi) is 6.36. The fraction of sp³-hybridized carbons (Fsp3) is 0.625. The third-order valence-corrected chi connectivity index (χ3v) is 7.48. The summed E-state index contributed by atoms with van der Waals surface area (Å²) in [5.74, 6) is -0.905. The van der Waals surface area contributed by atoms with E-state index < -0.39 is 24.2 Å². The van der Waals surface area contributed by atoms with E-state index in [2.05, 4.69) is 15.1 Å². The first-order chi connectivity index (χ1) is 16.0. The highest BCUT2D eigenvalue weighted by atomic mass is 16.5. The Morgan fingerprint density at radius 2 is 1.76 bits per heavy atom. The van der Waals surface area contributed by atoms with Gasteiger partial charge in [0.2, 0.25) is 0 Å². The lowest BCUT2D eigenvalue weighted by Gasteiger charge is -2.46. The van der Waals surface area contributed by atoms with E-state index in [0.29, 0.717) is 6.04 Å². The van der Waals surface area contributed by atoms with Gasteiger partial charge in [0.1, 0.15) is 31.6 Å². The van der Waals surface area contributed by atoms with Crippen LogP contribution in [0.5, 0.6) is 0 Å². The van der Waals surface area contributed by atoms with Gasteiger partial charge in [-0.3, -0.25) is 29.6 Å². The molecule has 0 bridgehead atoms. The topological polar surface area (TPSA) is 85.4 Å². The molecule has 5 rings (SSSR count). The van der Waals surface area contributed by atoms with Crippen LogP contribution in [0.4, 0.5) is 4.79 Å². The number of nitrogens with zero attached hydrogens (tertiary/aromatic N) is 4. The number of rotatable bonds is 5. The number of hydrogen-bond donors (Lipinski definition) is 1. The van der Waals surface area contributed by atoms with Crippen molar-refractivity contribution in [3.63, 3.8) is 0 Å². The monoisotopic (exact) mass is 455 g/mol. The molecule has 33 heavy (non-hydrogen) atoms. The maximum Gasteiger partial charge on any atom is 0.328 e. The third-order valence-electron chi connectivity index (χ3n) is 7.48. The van der Waals surface area contributed by atoms with E-state index >= 15 is 0 Å². The van der Waals surface area contributed by atoms with Crippen molar-refractivity contribution in [3.8, 4) is 0 Å². The Balaban J connectivity index is 1.28. The number of fused-ring (bicyclic) bond motifs is 3. The number of likely N-dealkylation sites (N-methyl/N-ethyl adjacent to an activating group) is 1. The quantitative estimate of drug-likeness (QED) is 0.674. The lowest BCUT2D eigenvalue weighted by molar-refractivity contribution is -0.152. The molecule has 1 aromatic rings. The molecule has 1 aromatic carbocycles. The largest absolute Gasteiger partial charge is 0.459 e. The number of nitrogens with one attached hydrogen (secondary N) is 1. The number of hydrogen-bond acceptors (Lipinski definition) is 7. The molecule has 0 spiro atoms. The summed E-state index contributed by atoms with van der Waals surface area (Å²) in [7, 11) is 1.70. The molecule has 1 aliphatic carbocycles. The van der Waals surface area contributed by atoms with Gasteiger partial charge in [0.15, 0.2) is 0 Å². The van der Waals surface area contributed by atoms with Crippen LogP contribution in [-0.4, -0.2) is 88.7 Å². The van der Waals surface area contributed by atoms with Gasteiger partial charge >= 0.3 is 12.0 Å². The SMILES string of the molecule is CN1C(=O)N(CC(=O)OCc2ccccc2)C(=O)C2C1NC1N(C3CCCCC3)CCCN21. The van der Waals surface area contributed by atoms with Crippen LogP contribution in [-0.2, 0) is 20.9 Å². The van der Waals surface area contributed by atoms with E-state index in [0.717, 1.165) is 30.0 Å². The van der Waals surface area contributed by atoms with Crippen LogP contribution in [0.1, 0.15) is 44.1 Å². The van der Waals surface area contributed by atoms with Crippen molar-refractivity contribution in [1.29, 1.82) is 0 Å². The summed E-state index contributed by atoms with van der Waals surface area (Å²) in [4.78, 5) is 46.3. The summed E-state index contributed by atoms with van der Waals surface area (Å²) in [6, 6.07) is 8.91. The van der Waals surface area contributed by atoms with E-state index in [1.165, 1.54) is 32.1 Å². The number of amides is 3. The summed E-state index contributed by atoms with van der Waals surface area (Å²) < 4.78 is 5.34. The molecule has 4 aliphatic rings. The molecule has 0 aromatic heterocycles. The maximum absolute atomic E-state index is 13.5. The Hall–Kier alpha value is -2.49. The van der Waals surface area contributed by atoms with Gasteiger partial charge in [-0.25, -0.2) is 4.79 Å². The predicted molar refractivity (Wildman–Crippen MR) is 121 cm³/mol. The second kappa shape index (κ2) is 9.40. The van der Waals surface area contributed by atoms with E-state index in [1.54, 1.807) is 11.9 Å². The Bertz CT molecular complexity index is 890. The van der Waals surface area contributed by atoms with Crippen molar-refractivity contribution in [3.05, 3.63) is 35.9 Å². The molecule has 0 radical (unpaired) electrons. The maximum atomic E-state index is 13.5. The molecule has 4 fully saturated rings. The zero-order valence-corrected chi connectivity index (χ0v) is 19.2. The van der Waals surface area contributed by atoms with Gasteiger partial charge in [0, 0.05) is 26.2 Å². The Morgan fingerprint density at radius 3 is 2.52 bits per heavy atom. The van der Waals surface area contributed by atoms with Crippen LogP contribution in [0.2, 0.25) is 0 Å². The van der Waals surface area contributed by atoms with Crippen LogP contribution >= 0.6 is 0 Å². The number of imide groups is 1. The second-order valence-electron chi connectivity index (χ2n) is 9.52. The van der Waals surface area contributed by atoms with Gasteiger partial charge in [-0.15, -0.1) is 0 Å². The van der Waals surface area contributed by atoms with E-state index in [1.807, 2.05) is 30.3 Å². The average Bonchev–Trinajstić information content (AvgIpc) is 3.25. The summed E-state index contributed by atoms with van der Waals surface area (Å²) in [5, 5.41) is 3.57. The normalized spacial score (nSPS) is 29.2. The minimum absolute atomic E-state index is 0.0546. The zero-order chi connectivity index (χ0) is 22.9. The smallest absolute Gasteiger partial charge is 0.328 e. The second-order valence-corrected chi connectivity index (χ2v) is 9.52. The first-order valence-corrected chi connectivity index (χ1v) is 12.1. The van der Waals surface area contributed by atoms with Crippen molar-refractivity contribution >= 4 is 17.9 Å². The molecule has 3 saturated heterocycles. The number of carbonyl (C=O) groups excluding carboxylic acids is 3. The first-order valence-electron chi connectivity index (χ1n) is 12.1. The Labute approximate surface area is 194 Å². The van der Waals surface area contributed by atoms with Gasteiger partial charge in [-0.2, -0.15) is 0 Å². The van der Waals surface area contributed by atoms with Gasteiger partial charge < -0.3 is 9.64 Å². The Morgan fingerprint density at radius 1 is 1.03 bits per heavy atom. The molecule has 9 heteroatoms. The molecule has 3 atom stereocenters. The number of esters is 1. The molecule has 3 amide bonds. The number of ether oxygens (including phenoxy) is 1. The lowest BCUT2D eigenvalue weighted by atomic mass is 9.93. The lowest BCUT2D eigenvalue weighted by Crippen LogP contribution is -2.67. The minimum atomic E-state index is -0.586. The summed E-state index contributed by atoms with van der Waals surface area (Å²) in [6.45, 7) is 1.54. The number of benzene rings is 1. The predicted octanol–water partition coefficient (Wildman–Crippen LogP) is 1.55. The highest BCUT2D eigenvalue weighted by Gasteiger charge is 2.56. The van der Waals surface area contributed by atoms with E-state index in [-0.39, 0.29) is 25.3 Å². The zero-order valence-electron chi connectivity index (χ0n) is 19.2. The van der Waals surface area contributed by atoms with Crippen molar-refractivity contribution in [1.82, 2.24) is 24.9 Å². The van der Waals surface area contributed by atoms with Crippen LogP contribution in [0.25, 0.3) is 0 Å². The minimum Gasteiger partial charge on any atom is -0.459 e. The number of urea groups is 1. The van der Waals surface area contributed by atoms with Crippen LogP contribution in [0.15, 0.2) is 30.3 Å². The van der Waals surface area contributed by atoms with Crippen LogP contribution in [0.3, 0.4) is 0 Å². The highest BCUT2D eigenvalue weighted by molar-refractivity contribution is 6.02. The highest BCUT2D eigenvalue weighted by Crippen LogP contribution is 2.34. The molecule has 178 valence electrons. The van der Waals surface area contributed by atoms with E-state index in [9.17, 15) is 14.4 Å². The molecular formula is C24H33N5O4. The first kappa shape index (κ1) is 22.3. The summed E-state index contributed by atoms with van der Waals surface area (Å²) in [6.07, 6.45) is 6.70. The molecule has 1 N–H and O–H groups in total. The summed E-state index contributed by atoms with van der Waals surface area (Å²) >= 11 is 0. The molecular weight excluding hydrogens is 422 g/mol. The van der Waals surface area contributed by atoms with Crippen molar-refractivity contribution < 1.29 is 19.1 Å². The van der Waals surface area contributed by atoms with Crippen molar-refractivity contribution in [2.75, 3.05) is 26.7 Å². The van der Waals surface area contributed by atoms with Crippen LogP contribution in [0, 0.1) is 0 Å². The van der Waals surface area contributed by atoms with E-state index in [4.69, 9.17) is 4.74 Å². The van der Waals surface area contributed by atoms with Gasteiger partial charge in [-0.05, 0) is 24.8 Å². The molecule has 3 heterocycles. The summed E-state index contributed by atoms with van der Waals surface area (Å²) in [5.41, 5.74) is 0.860.